The minimum atomic E-state index is -3.82. The van der Waals surface area contributed by atoms with Crippen molar-refractivity contribution in [3.8, 4) is 5.75 Å². The molecule has 3 N–H and O–H groups in total. The van der Waals surface area contributed by atoms with Gasteiger partial charge in [0.15, 0.2) is 0 Å². The lowest BCUT2D eigenvalue weighted by atomic mass is 10.2. The second-order valence-corrected chi connectivity index (χ2v) is 8.30. The zero-order chi connectivity index (χ0) is 20.9. The van der Waals surface area contributed by atoms with Crippen molar-refractivity contribution in [1.29, 1.82) is 0 Å². The Morgan fingerprint density at radius 3 is 2.48 bits per heavy atom. The number of benzene rings is 2. The van der Waals surface area contributed by atoms with Crippen LogP contribution in [-0.4, -0.2) is 39.4 Å². The van der Waals surface area contributed by atoms with Gasteiger partial charge in [0.1, 0.15) is 5.75 Å². The molecule has 0 atom stereocenters. The summed E-state index contributed by atoms with van der Waals surface area (Å²) in [6, 6.07) is 12.3. The number of carbonyl (C=O) groups is 2. The van der Waals surface area contributed by atoms with E-state index in [-0.39, 0.29) is 34.6 Å². The fourth-order valence-corrected chi connectivity index (χ4v) is 3.64. The Balaban J connectivity index is 1.63. The number of amides is 2. The van der Waals surface area contributed by atoms with Gasteiger partial charge in [0.05, 0.1) is 18.0 Å². The lowest BCUT2D eigenvalue weighted by molar-refractivity contribution is -0.120. The minimum Gasteiger partial charge on any atom is -0.494 e. The molecule has 1 aliphatic carbocycles. The van der Waals surface area contributed by atoms with E-state index in [1.54, 1.807) is 30.3 Å². The van der Waals surface area contributed by atoms with Gasteiger partial charge in [0, 0.05) is 17.3 Å². The highest BCUT2D eigenvalue weighted by atomic mass is 32.2. The van der Waals surface area contributed by atoms with E-state index in [0.29, 0.717) is 12.4 Å². The number of hydrogen-bond acceptors (Lipinski definition) is 5. The maximum absolute atomic E-state index is 12.6. The average molecular weight is 417 g/mol. The summed E-state index contributed by atoms with van der Waals surface area (Å²) in [4.78, 5) is 24.0. The van der Waals surface area contributed by atoms with E-state index in [0.717, 1.165) is 12.8 Å². The predicted molar refractivity (Wildman–Crippen MR) is 108 cm³/mol. The first-order valence-electron chi connectivity index (χ1n) is 9.30. The van der Waals surface area contributed by atoms with Crippen molar-refractivity contribution in [2.75, 3.05) is 17.9 Å². The number of sulfonamides is 1. The lowest BCUT2D eigenvalue weighted by Crippen LogP contribution is -2.37. The van der Waals surface area contributed by atoms with Gasteiger partial charge in [-0.1, -0.05) is 6.07 Å². The van der Waals surface area contributed by atoms with E-state index in [1.165, 1.54) is 18.2 Å². The fourth-order valence-electron chi connectivity index (χ4n) is 2.59. The van der Waals surface area contributed by atoms with E-state index in [4.69, 9.17) is 4.74 Å². The van der Waals surface area contributed by atoms with E-state index in [1.807, 2.05) is 6.92 Å². The van der Waals surface area contributed by atoms with Crippen molar-refractivity contribution in [3.63, 3.8) is 0 Å². The molecular weight excluding hydrogens is 394 g/mol. The molecule has 0 saturated heterocycles. The fraction of sp³-hybridized carbons (Fsp3) is 0.300. The molecule has 0 aliphatic heterocycles. The summed E-state index contributed by atoms with van der Waals surface area (Å²) in [6.45, 7) is 2.20. The Morgan fingerprint density at radius 2 is 1.83 bits per heavy atom. The quantitative estimate of drug-likeness (QED) is 0.577. The second-order valence-electron chi connectivity index (χ2n) is 6.62. The molecule has 2 aromatic carbocycles. The van der Waals surface area contributed by atoms with Crippen LogP contribution in [0.4, 0.5) is 5.69 Å². The van der Waals surface area contributed by atoms with Crippen LogP contribution in [0.25, 0.3) is 0 Å². The third kappa shape index (κ3) is 5.95. The molecule has 2 aromatic rings. The van der Waals surface area contributed by atoms with Gasteiger partial charge < -0.3 is 15.4 Å². The van der Waals surface area contributed by atoms with Crippen molar-refractivity contribution in [1.82, 2.24) is 10.6 Å². The van der Waals surface area contributed by atoms with Crippen LogP contribution in [0.15, 0.2) is 53.4 Å². The van der Waals surface area contributed by atoms with Crippen molar-refractivity contribution >= 4 is 27.5 Å². The van der Waals surface area contributed by atoms with Gasteiger partial charge in [0.2, 0.25) is 5.91 Å². The van der Waals surface area contributed by atoms with Gasteiger partial charge in [-0.15, -0.1) is 0 Å². The summed E-state index contributed by atoms with van der Waals surface area (Å²) >= 11 is 0. The molecule has 2 amide bonds. The zero-order valence-corrected chi connectivity index (χ0v) is 16.8. The molecule has 8 nitrogen and oxygen atoms in total. The SMILES string of the molecule is CCOc1ccc(S(=O)(=O)Nc2cccc(C(=O)NCC(=O)NC3CC3)c2)cc1. The van der Waals surface area contributed by atoms with Gasteiger partial charge in [-0.05, 0) is 62.2 Å². The standard InChI is InChI=1S/C20H23N3O5S/c1-2-28-17-8-10-18(11-9-17)29(26,27)23-16-5-3-4-14(12-16)20(25)21-13-19(24)22-15-6-7-15/h3-5,8-12,15,23H,2,6-7,13H2,1H3,(H,21,25)(H,22,24). The third-order valence-electron chi connectivity index (χ3n) is 4.17. The summed E-state index contributed by atoms with van der Waals surface area (Å²) in [5, 5.41) is 5.31. The number of ether oxygens (including phenoxy) is 1. The van der Waals surface area contributed by atoms with E-state index in [2.05, 4.69) is 15.4 Å². The smallest absolute Gasteiger partial charge is 0.261 e. The predicted octanol–water partition coefficient (Wildman–Crippen LogP) is 1.89. The highest BCUT2D eigenvalue weighted by molar-refractivity contribution is 7.92. The van der Waals surface area contributed by atoms with Gasteiger partial charge in [-0.3, -0.25) is 14.3 Å². The Kier molecular flexibility index (Phi) is 6.38. The molecule has 0 spiro atoms. The van der Waals surface area contributed by atoms with Gasteiger partial charge >= 0.3 is 0 Å². The largest absolute Gasteiger partial charge is 0.494 e. The summed E-state index contributed by atoms with van der Waals surface area (Å²) in [7, 11) is -3.82. The maximum Gasteiger partial charge on any atom is 0.261 e. The Bertz CT molecular complexity index is 985. The Hall–Kier alpha value is -3.07. The molecule has 0 unspecified atom stereocenters. The maximum atomic E-state index is 12.6. The second kappa shape index (κ2) is 8.95. The van der Waals surface area contributed by atoms with Crippen molar-refractivity contribution in [2.45, 2.75) is 30.7 Å². The van der Waals surface area contributed by atoms with E-state index in [9.17, 15) is 18.0 Å². The van der Waals surface area contributed by atoms with Gasteiger partial charge in [-0.2, -0.15) is 0 Å². The normalized spacial score (nSPS) is 13.4. The van der Waals surface area contributed by atoms with Crippen LogP contribution in [-0.2, 0) is 14.8 Å². The summed E-state index contributed by atoms with van der Waals surface area (Å²) in [5.74, 6) is -0.123. The molecule has 1 fully saturated rings. The number of carbonyl (C=O) groups excluding carboxylic acids is 2. The number of anilines is 1. The van der Waals surface area contributed by atoms with Crippen LogP contribution in [0.2, 0.25) is 0 Å². The molecule has 0 heterocycles. The first-order valence-corrected chi connectivity index (χ1v) is 10.8. The minimum absolute atomic E-state index is 0.0764. The molecule has 0 bridgehead atoms. The number of hydrogen-bond donors (Lipinski definition) is 3. The molecule has 29 heavy (non-hydrogen) atoms. The molecule has 3 rings (SSSR count). The molecular formula is C20H23N3O5S. The Morgan fingerprint density at radius 1 is 1.10 bits per heavy atom. The van der Waals surface area contributed by atoms with Crippen LogP contribution >= 0.6 is 0 Å². The molecule has 0 radical (unpaired) electrons. The Labute approximate surface area is 169 Å². The summed E-state index contributed by atoms with van der Waals surface area (Å²) in [5.41, 5.74) is 0.491. The van der Waals surface area contributed by atoms with Crippen LogP contribution in [0.1, 0.15) is 30.1 Å². The average Bonchev–Trinajstić information content (AvgIpc) is 3.50. The molecule has 9 heteroatoms. The summed E-state index contributed by atoms with van der Waals surface area (Å²) < 4.78 is 32.9. The van der Waals surface area contributed by atoms with Gasteiger partial charge in [-0.25, -0.2) is 8.42 Å². The molecule has 1 aliphatic rings. The van der Waals surface area contributed by atoms with Crippen LogP contribution in [0.3, 0.4) is 0 Å². The van der Waals surface area contributed by atoms with Crippen LogP contribution in [0.5, 0.6) is 5.75 Å². The zero-order valence-electron chi connectivity index (χ0n) is 16.0. The number of nitrogens with one attached hydrogen (secondary N) is 3. The first-order chi connectivity index (χ1) is 13.9. The topological polar surface area (TPSA) is 114 Å². The summed E-state index contributed by atoms with van der Waals surface area (Å²) in [6.07, 6.45) is 1.94. The van der Waals surface area contributed by atoms with E-state index >= 15 is 0 Å². The lowest BCUT2D eigenvalue weighted by Gasteiger charge is -2.11. The number of rotatable bonds is 9. The molecule has 1 saturated carbocycles. The first kappa shape index (κ1) is 20.7. The van der Waals surface area contributed by atoms with Crippen molar-refractivity contribution in [3.05, 3.63) is 54.1 Å². The van der Waals surface area contributed by atoms with Gasteiger partial charge in [0.25, 0.3) is 15.9 Å². The molecule has 154 valence electrons. The van der Waals surface area contributed by atoms with Crippen molar-refractivity contribution < 1.29 is 22.7 Å². The monoisotopic (exact) mass is 417 g/mol. The van der Waals surface area contributed by atoms with Crippen LogP contribution in [0, 0.1) is 0 Å². The highest BCUT2D eigenvalue weighted by Crippen LogP contribution is 2.20. The highest BCUT2D eigenvalue weighted by Gasteiger charge is 2.23. The van der Waals surface area contributed by atoms with Crippen LogP contribution < -0.4 is 20.1 Å². The third-order valence-corrected chi connectivity index (χ3v) is 5.57. The van der Waals surface area contributed by atoms with Crippen molar-refractivity contribution in [2.24, 2.45) is 0 Å². The molecule has 0 aromatic heterocycles. The van der Waals surface area contributed by atoms with E-state index < -0.39 is 15.9 Å².